The highest BCUT2D eigenvalue weighted by atomic mass is 16.6. The third kappa shape index (κ3) is 8.03. The first kappa shape index (κ1) is 25.0. The number of aromatic amines is 1. The van der Waals surface area contributed by atoms with Gasteiger partial charge in [0.05, 0.1) is 11.0 Å². The lowest BCUT2D eigenvalue weighted by molar-refractivity contribution is -0.118. The highest BCUT2D eigenvalue weighted by Crippen LogP contribution is 2.27. The van der Waals surface area contributed by atoms with E-state index in [1.807, 2.05) is 37.2 Å². The fourth-order valence-electron chi connectivity index (χ4n) is 4.24. The Labute approximate surface area is 196 Å². The van der Waals surface area contributed by atoms with Crippen molar-refractivity contribution in [2.24, 2.45) is 5.92 Å². The van der Waals surface area contributed by atoms with E-state index in [2.05, 4.69) is 15.6 Å². The number of alkyl carbamates (subject to hydrolysis) is 1. The minimum atomic E-state index is -0.707. The molecule has 1 aromatic heterocycles. The van der Waals surface area contributed by atoms with Gasteiger partial charge in [-0.2, -0.15) is 0 Å². The summed E-state index contributed by atoms with van der Waals surface area (Å²) in [6, 6.07) is 4.96. The molecule has 3 rings (SSSR count). The molecule has 1 aliphatic rings. The molecule has 2 amide bonds. The van der Waals surface area contributed by atoms with Crippen molar-refractivity contribution in [1.29, 1.82) is 0 Å². The van der Waals surface area contributed by atoms with E-state index in [-0.39, 0.29) is 5.91 Å². The number of benzene rings is 1. The number of nitrogens with one attached hydrogen (secondary N) is 3. The summed E-state index contributed by atoms with van der Waals surface area (Å²) in [5, 5.41) is 5.66. The maximum absolute atomic E-state index is 13.0. The molecule has 0 radical (unpaired) electrons. The second-order valence-corrected chi connectivity index (χ2v) is 10.4. The van der Waals surface area contributed by atoms with E-state index in [0.717, 1.165) is 23.3 Å². The minimum absolute atomic E-state index is 0.274. The monoisotopic (exact) mass is 457 g/mol. The smallest absolute Gasteiger partial charge is 0.408 e. The van der Waals surface area contributed by atoms with E-state index >= 15 is 0 Å². The molecule has 8 heteroatoms. The van der Waals surface area contributed by atoms with E-state index in [1.165, 1.54) is 32.1 Å². The summed E-state index contributed by atoms with van der Waals surface area (Å²) in [7, 11) is 3.86. The molecule has 1 saturated carbocycles. The number of amides is 2. The van der Waals surface area contributed by atoms with Crippen molar-refractivity contribution in [2.75, 3.05) is 26.0 Å². The lowest BCUT2D eigenvalue weighted by atomic mass is 9.87. The van der Waals surface area contributed by atoms with Crippen LogP contribution in [0.1, 0.15) is 65.1 Å². The van der Waals surface area contributed by atoms with Gasteiger partial charge in [-0.05, 0) is 71.9 Å². The van der Waals surface area contributed by atoms with Gasteiger partial charge in [0.2, 0.25) is 5.91 Å². The predicted molar refractivity (Wildman–Crippen MR) is 131 cm³/mol. The first-order valence-electron chi connectivity index (χ1n) is 12.0. The highest BCUT2D eigenvalue weighted by Gasteiger charge is 2.25. The molecule has 2 aromatic rings. The van der Waals surface area contributed by atoms with Crippen molar-refractivity contribution in [2.45, 2.75) is 77.4 Å². The van der Waals surface area contributed by atoms with Gasteiger partial charge in [0.25, 0.3) is 0 Å². The Kier molecular flexibility index (Phi) is 8.35. The number of imidazole rings is 1. The van der Waals surface area contributed by atoms with Crippen LogP contribution in [0.5, 0.6) is 0 Å². The van der Waals surface area contributed by atoms with Crippen LogP contribution in [-0.2, 0) is 16.0 Å². The number of carbonyl (C=O) groups excluding carboxylic acids is 2. The molecule has 0 spiro atoms. The van der Waals surface area contributed by atoms with Crippen LogP contribution in [0.4, 0.5) is 10.5 Å². The van der Waals surface area contributed by atoms with Gasteiger partial charge < -0.3 is 25.3 Å². The van der Waals surface area contributed by atoms with Crippen molar-refractivity contribution >= 4 is 28.7 Å². The SMILES string of the molecule is CN(C)CCC(NC(=O)OC(C)(C)C)C(=O)Nc1ccc2nc(CC3CCCCC3)[nH]c2c1. The van der Waals surface area contributed by atoms with Gasteiger partial charge in [0, 0.05) is 12.1 Å². The third-order valence-corrected chi connectivity index (χ3v) is 5.88. The summed E-state index contributed by atoms with van der Waals surface area (Å²) in [6.07, 6.45) is 7.37. The molecule has 0 bridgehead atoms. The van der Waals surface area contributed by atoms with Crippen LogP contribution in [0, 0.1) is 5.92 Å². The Morgan fingerprint density at radius 1 is 1.21 bits per heavy atom. The molecule has 1 heterocycles. The standard InChI is InChI=1S/C25H39N5O3/c1-25(2,3)33-24(32)29-20(13-14-30(4)5)23(31)26-18-11-12-19-21(16-18)28-22(27-19)15-17-9-7-6-8-10-17/h11-12,16-17,20H,6-10,13-15H2,1-5H3,(H,26,31)(H,27,28)(H,29,32). The maximum Gasteiger partial charge on any atom is 0.408 e. The molecule has 8 nitrogen and oxygen atoms in total. The molecule has 1 aliphatic carbocycles. The minimum Gasteiger partial charge on any atom is -0.444 e. The van der Waals surface area contributed by atoms with E-state index in [1.54, 1.807) is 20.8 Å². The third-order valence-electron chi connectivity index (χ3n) is 5.88. The number of carbonyl (C=O) groups is 2. The molecule has 3 N–H and O–H groups in total. The van der Waals surface area contributed by atoms with Crippen molar-refractivity contribution in [3.05, 3.63) is 24.0 Å². The van der Waals surface area contributed by atoms with Crippen LogP contribution in [0.15, 0.2) is 18.2 Å². The zero-order valence-electron chi connectivity index (χ0n) is 20.7. The van der Waals surface area contributed by atoms with Crippen molar-refractivity contribution in [1.82, 2.24) is 20.2 Å². The second kappa shape index (κ2) is 11.0. The van der Waals surface area contributed by atoms with Gasteiger partial charge in [-0.1, -0.05) is 32.1 Å². The molecule has 0 aliphatic heterocycles. The average molecular weight is 458 g/mol. The van der Waals surface area contributed by atoms with E-state index in [9.17, 15) is 9.59 Å². The molecule has 1 fully saturated rings. The number of anilines is 1. The number of H-pyrrole nitrogens is 1. The number of ether oxygens (including phenoxy) is 1. The van der Waals surface area contributed by atoms with Gasteiger partial charge in [0.15, 0.2) is 0 Å². The number of rotatable bonds is 8. The summed E-state index contributed by atoms with van der Waals surface area (Å²) >= 11 is 0. The lowest BCUT2D eigenvalue weighted by Gasteiger charge is -2.24. The predicted octanol–water partition coefficient (Wildman–Crippen LogP) is 4.47. The van der Waals surface area contributed by atoms with Crippen molar-refractivity contribution < 1.29 is 14.3 Å². The number of fused-ring (bicyclic) bond motifs is 1. The second-order valence-electron chi connectivity index (χ2n) is 10.4. The van der Waals surface area contributed by atoms with Gasteiger partial charge in [0.1, 0.15) is 17.5 Å². The van der Waals surface area contributed by atoms with E-state index in [0.29, 0.717) is 24.6 Å². The lowest BCUT2D eigenvalue weighted by Crippen LogP contribution is -2.47. The van der Waals surface area contributed by atoms with Crippen LogP contribution < -0.4 is 10.6 Å². The van der Waals surface area contributed by atoms with Crippen LogP contribution >= 0.6 is 0 Å². The molecule has 33 heavy (non-hydrogen) atoms. The summed E-state index contributed by atoms with van der Waals surface area (Å²) in [6.45, 7) is 6.04. The topological polar surface area (TPSA) is 99.3 Å². The Bertz CT molecular complexity index is 941. The number of hydrogen-bond acceptors (Lipinski definition) is 5. The number of hydrogen-bond donors (Lipinski definition) is 3. The van der Waals surface area contributed by atoms with E-state index < -0.39 is 17.7 Å². The quantitative estimate of drug-likeness (QED) is 0.543. The largest absolute Gasteiger partial charge is 0.444 e. The van der Waals surface area contributed by atoms with Gasteiger partial charge in [-0.25, -0.2) is 9.78 Å². The van der Waals surface area contributed by atoms with Gasteiger partial charge in [-0.15, -0.1) is 0 Å². The fourth-order valence-corrected chi connectivity index (χ4v) is 4.24. The summed E-state index contributed by atoms with van der Waals surface area (Å²) in [5.41, 5.74) is 1.84. The van der Waals surface area contributed by atoms with Crippen LogP contribution in [0.3, 0.4) is 0 Å². The Morgan fingerprint density at radius 3 is 2.61 bits per heavy atom. The molecule has 182 valence electrons. The van der Waals surface area contributed by atoms with Crippen molar-refractivity contribution in [3.63, 3.8) is 0 Å². The molecule has 1 atom stereocenters. The number of nitrogens with zero attached hydrogens (tertiary/aromatic N) is 2. The first-order valence-corrected chi connectivity index (χ1v) is 12.0. The van der Waals surface area contributed by atoms with Crippen LogP contribution in [0.25, 0.3) is 11.0 Å². The summed E-state index contributed by atoms with van der Waals surface area (Å²) in [4.78, 5) is 35.4. The Hall–Kier alpha value is -2.61. The number of aromatic nitrogens is 2. The highest BCUT2D eigenvalue weighted by molar-refractivity contribution is 5.97. The normalized spacial score (nSPS) is 16.1. The Balaban J connectivity index is 1.66. The average Bonchev–Trinajstić information content (AvgIpc) is 3.11. The fraction of sp³-hybridized carbons (Fsp3) is 0.640. The van der Waals surface area contributed by atoms with Crippen LogP contribution in [-0.4, -0.2) is 59.2 Å². The molecular formula is C25H39N5O3. The summed E-state index contributed by atoms with van der Waals surface area (Å²) < 4.78 is 5.34. The molecular weight excluding hydrogens is 418 g/mol. The summed E-state index contributed by atoms with van der Waals surface area (Å²) in [5.74, 6) is 1.44. The molecule has 1 aromatic carbocycles. The Morgan fingerprint density at radius 2 is 1.94 bits per heavy atom. The van der Waals surface area contributed by atoms with Crippen molar-refractivity contribution in [3.8, 4) is 0 Å². The zero-order chi connectivity index (χ0) is 24.0. The van der Waals surface area contributed by atoms with E-state index in [4.69, 9.17) is 9.72 Å². The van der Waals surface area contributed by atoms with Crippen LogP contribution in [0.2, 0.25) is 0 Å². The molecule has 1 unspecified atom stereocenters. The van der Waals surface area contributed by atoms with Gasteiger partial charge >= 0.3 is 6.09 Å². The maximum atomic E-state index is 13.0. The zero-order valence-corrected chi connectivity index (χ0v) is 20.7. The van der Waals surface area contributed by atoms with Gasteiger partial charge in [-0.3, -0.25) is 4.79 Å². The molecule has 0 saturated heterocycles. The first-order chi connectivity index (χ1) is 15.6.